The van der Waals surface area contributed by atoms with Crippen LogP contribution in [0.3, 0.4) is 0 Å². The van der Waals surface area contributed by atoms with Gasteiger partial charge in [-0.05, 0) is 12.8 Å². The molecule has 0 atom stereocenters. The summed E-state index contributed by atoms with van der Waals surface area (Å²) in [6.07, 6.45) is 4.39. The van der Waals surface area contributed by atoms with Crippen LogP contribution in [0.15, 0.2) is 11.6 Å². The molecule has 1 heteroatoms. The molecular formula is C7H13Cl. The van der Waals surface area contributed by atoms with E-state index in [1.807, 2.05) is 0 Å². The lowest BCUT2D eigenvalue weighted by molar-refractivity contribution is 1.06. The van der Waals surface area contributed by atoms with E-state index in [1.165, 1.54) is 5.57 Å². The van der Waals surface area contributed by atoms with E-state index in [1.54, 1.807) is 0 Å². The highest BCUT2D eigenvalue weighted by atomic mass is 35.5. The van der Waals surface area contributed by atoms with E-state index in [-0.39, 0.29) is 0 Å². The van der Waals surface area contributed by atoms with Crippen molar-refractivity contribution in [2.75, 3.05) is 5.88 Å². The van der Waals surface area contributed by atoms with E-state index >= 15 is 0 Å². The smallest absolute Gasteiger partial charge is 0.0433 e. The summed E-state index contributed by atoms with van der Waals surface area (Å²) >= 11 is 5.58. The predicted octanol–water partition coefficient (Wildman–Crippen LogP) is 2.97. The van der Waals surface area contributed by atoms with Crippen molar-refractivity contribution >= 4 is 11.6 Å². The van der Waals surface area contributed by atoms with Crippen molar-refractivity contribution in [3.63, 3.8) is 0 Å². The number of rotatable bonds is 3. The zero-order valence-electron chi connectivity index (χ0n) is 5.58. The molecule has 0 N–H and O–H groups in total. The Kier molecular flexibility index (Phi) is 5.19. The molecule has 0 aromatic heterocycles. The quantitative estimate of drug-likeness (QED) is 0.409. The second kappa shape index (κ2) is 5.17. The molecule has 0 aliphatic carbocycles. The Hall–Kier alpha value is 0.0300. The Balaban J connectivity index is 3.49. The van der Waals surface area contributed by atoms with Gasteiger partial charge in [-0.25, -0.2) is 0 Å². The normalized spacial score (nSPS) is 12.1. The third kappa shape index (κ3) is 3.09. The summed E-state index contributed by atoms with van der Waals surface area (Å²) in [7, 11) is 0. The first-order valence-electron chi connectivity index (χ1n) is 3.09. The first-order valence-corrected chi connectivity index (χ1v) is 3.62. The topological polar surface area (TPSA) is 0 Å². The van der Waals surface area contributed by atoms with E-state index < -0.39 is 0 Å². The van der Waals surface area contributed by atoms with Crippen LogP contribution in [0.25, 0.3) is 0 Å². The van der Waals surface area contributed by atoms with Gasteiger partial charge in [0.15, 0.2) is 0 Å². The first kappa shape index (κ1) is 8.03. The number of hydrogen-bond donors (Lipinski definition) is 0. The van der Waals surface area contributed by atoms with Crippen LogP contribution in [0.2, 0.25) is 0 Å². The summed E-state index contributed by atoms with van der Waals surface area (Å²) in [5, 5.41) is 0. The van der Waals surface area contributed by atoms with Crippen molar-refractivity contribution in [2.45, 2.75) is 26.7 Å². The molecule has 0 aromatic carbocycles. The maximum atomic E-state index is 5.58. The largest absolute Gasteiger partial charge is 0.122 e. The molecule has 0 rings (SSSR count). The molecule has 0 bridgehead atoms. The van der Waals surface area contributed by atoms with E-state index in [2.05, 4.69) is 19.9 Å². The van der Waals surface area contributed by atoms with Gasteiger partial charge in [0.2, 0.25) is 0 Å². The van der Waals surface area contributed by atoms with Gasteiger partial charge in [-0.1, -0.05) is 25.5 Å². The molecule has 0 saturated carbocycles. The van der Waals surface area contributed by atoms with Crippen LogP contribution in [0, 0.1) is 0 Å². The van der Waals surface area contributed by atoms with Crippen LogP contribution in [0.5, 0.6) is 0 Å². The average molecular weight is 133 g/mol. The molecule has 0 spiro atoms. The molecule has 0 fully saturated rings. The standard InChI is InChI=1S/C7H13Cl/c1-3-5-7(4-2)6-8/h5H,3-4,6H2,1-2H3. The van der Waals surface area contributed by atoms with Gasteiger partial charge in [0, 0.05) is 5.88 Å². The van der Waals surface area contributed by atoms with Gasteiger partial charge >= 0.3 is 0 Å². The van der Waals surface area contributed by atoms with Crippen LogP contribution in [-0.2, 0) is 0 Å². The fourth-order valence-corrected chi connectivity index (χ4v) is 0.880. The maximum absolute atomic E-state index is 5.58. The van der Waals surface area contributed by atoms with Crippen molar-refractivity contribution in [3.05, 3.63) is 11.6 Å². The highest BCUT2D eigenvalue weighted by Crippen LogP contribution is 2.03. The van der Waals surface area contributed by atoms with Crippen LogP contribution >= 0.6 is 11.6 Å². The number of hydrogen-bond acceptors (Lipinski definition) is 0. The molecule has 0 nitrogen and oxygen atoms in total. The third-order valence-electron chi connectivity index (χ3n) is 1.12. The van der Waals surface area contributed by atoms with Gasteiger partial charge in [-0.2, -0.15) is 0 Å². The highest BCUT2D eigenvalue weighted by Gasteiger charge is 1.86. The number of allylic oxidation sites excluding steroid dienone is 2. The van der Waals surface area contributed by atoms with Crippen molar-refractivity contribution in [1.82, 2.24) is 0 Å². The molecule has 0 aliphatic heterocycles. The molecular weight excluding hydrogens is 120 g/mol. The number of alkyl halides is 1. The zero-order chi connectivity index (χ0) is 6.41. The second-order valence-corrected chi connectivity index (χ2v) is 2.03. The lowest BCUT2D eigenvalue weighted by Crippen LogP contribution is -1.79. The van der Waals surface area contributed by atoms with Gasteiger partial charge in [0.05, 0.1) is 0 Å². The average Bonchev–Trinajstić information content (AvgIpc) is 1.83. The monoisotopic (exact) mass is 132 g/mol. The Morgan fingerprint density at radius 3 is 2.25 bits per heavy atom. The number of halogens is 1. The van der Waals surface area contributed by atoms with E-state index in [0.29, 0.717) is 5.88 Å². The SMILES string of the molecule is CCC=C(CC)CCl. The van der Waals surface area contributed by atoms with E-state index in [9.17, 15) is 0 Å². The predicted molar refractivity (Wildman–Crippen MR) is 39.4 cm³/mol. The van der Waals surface area contributed by atoms with E-state index in [4.69, 9.17) is 11.6 Å². The molecule has 0 aliphatic rings. The van der Waals surface area contributed by atoms with Crippen LogP contribution < -0.4 is 0 Å². The Bertz CT molecular complexity index is 68.5. The summed E-state index contributed by atoms with van der Waals surface area (Å²) in [6, 6.07) is 0. The molecule has 0 unspecified atom stereocenters. The van der Waals surface area contributed by atoms with E-state index in [0.717, 1.165) is 12.8 Å². The maximum Gasteiger partial charge on any atom is 0.0433 e. The fraction of sp³-hybridized carbons (Fsp3) is 0.714. The molecule has 0 heterocycles. The minimum Gasteiger partial charge on any atom is -0.122 e. The van der Waals surface area contributed by atoms with Crippen LogP contribution in [0.1, 0.15) is 26.7 Å². The fourth-order valence-electron chi connectivity index (χ4n) is 0.582. The molecule has 8 heavy (non-hydrogen) atoms. The molecule has 0 aromatic rings. The first-order chi connectivity index (χ1) is 3.85. The summed E-state index contributed by atoms with van der Waals surface area (Å²) in [5.41, 5.74) is 1.36. The Morgan fingerprint density at radius 1 is 1.50 bits per heavy atom. The van der Waals surface area contributed by atoms with Gasteiger partial charge in [0.1, 0.15) is 0 Å². The summed E-state index contributed by atoms with van der Waals surface area (Å²) in [4.78, 5) is 0. The van der Waals surface area contributed by atoms with Crippen LogP contribution in [-0.4, -0.2) is 5.88 Å². The van der Waals surface area contributed by atoms with Gasteiger partial charge in [0.25, 0.3) is 0 Å². The van der Waals surface area contributed by atoms with Gasteiger partial charge in [-0.15, -0.1) is 11.6 Å². The van der Waals surface area contributed by atoms with Gasteiger partial charge in [-0.3, -0.25) is 0 Å². The summed E-state index contributed by atoms with van der Waals surface area (Å²) in [5.74, 6) is 0.699. The third-order valence-corrected chi connectivity index (χ3v) is 1.46. The van der Waals surface area contributed by atoms with Crippen LogP contribution in [0.4, 0.5) is 0 Å². The minimum absolute atomic E-state index is 0.699. The molecule has 0 amide bonds. The highest BCUT2D eigenvalue weighted by molar-refractivity contribution is 6.19. The minimum atomic E-state index is 0.699. The Morgan fingerprint density at radius 2 is 2.12 bits per heavy atom. The molecule has 0 radical (unpaired) electrons. The van der Waals surface area contributed by atoms with Crippen molar-refractivity contribution < 1.29 is 0 Å². The zero-order valence-corrected chi connectivity index (χ0v) is 6.33. The lowest BCUT2D eigenvalue weighted by atomic mass is 10.2. The van der Waals surface area contributed by atoms with Crippen molar-refractivity contribution in [1.29, 1.82) is 0 Å². The summed E-state index contributed by atoms with van der Waals surface area (Å²) < 4.78 is 0. The molecule has 0 saturated heterocycles. The van der Waals surface area contributed by atoms with Crippen molar-refractivity contribution in [3.8, 4) is 0 Å². The lowest BCUT2D eigenvalue weighted by Gasteiger charge is -1.94. The molecule has 48 valence electrons. The Labute approximate surface area is 56.5 Å². The summed E-state index contributed by atoms with van der Waals surface area (Å²) in [6.45, 7) is 4.26. The van der Waals surface area contributed by atoms with Gasteiger partial charge < -0.3 is 0 Å². The second-order valence-electron chi connectivity index (χ2n) is 1.76. The van der Waals surface area contributed by atoms with Crippen molar-refractivity contribution in [2.24, 2.45) is 0 Å².